The summed E-state index contributed by atoms with van der Waals surface area (Å²) in [5.41, 5.74) is 7.32. The second-order valence-corrected chi connectivity index (χ2v) is 6.80. The first-order chi connectivity index (χ1) is 9.54. The SMILES string of the molecule is CCN(CC)S(=O)(=O)N(c1ccc(CN)cc1)C1CC1. The van der Waals surface area contributed by atoms with Gasteiger partial charge in [0, 0.05) is 25.7 Å². The van der Waals surface area contributed by atoms with E-state index in [0.717, 1.165) is 24.1 Å². The maximum atomic E-state index is 12.8. The molecule has 20 heavy (non-hydrogen) atoms. The molecule has 0 atom stereocenters. The van der Waals surface area contributed by atoms with Crippen LogP contribution in [-0.4, -0.2) is 31.9 Å². The van der Waals surface area contributed by atoms with E-state index in [1.807, 2.05) is 38.1 Å². The molecule has 0 radical (unpaired) electrons. The fourth-order valence-electron chi connectivity index (χ4n) is 2.29. The second kappa shape index (κ2) is 6.11. The molecule has 6 heteroatoms. The summed E-state index contributed by atoms with van der Waals surface area (Å²) in [4.78, 5) is 0. The Morgan fingerprint density at radius 2 is 1.70 bits per heavy atom. The van der Waals surface area contributed by atoms with Crippen molar-refractivity contribution in [1.29, 1.82) is 0 Å². The van der Waals surface area contributed by atoms with Crippen LogP contribution >= 0.6 is 0 Å². The molecule has 112 valence electrons. The lowest BCUT2D eigenvalue weighted by molar-refractivity contribution is 0.441. The molecule has 2 rings (SSSR count). The number of nitrogens with two attached hydrogens (primary N) is 1. The van der Waals surface area contributed by atoms with E-state index in [0.29, 0.717) is 19.6 Å². The summed E-state index contributed by atoms with van der Waals surface area (Å²) >= 11 is 0. The monoisotopic (exact) mass is 297 g/mol. The third kappa shape index (κ3) is 2.97. The predicted octanol–water partition coefficient (Wildman–Crippen LogP) is 1.70. The molecule has 5 nitrogen and oxygen atoms in total. The Morgan fingerprint density at radius 3 is 2.10 bits per heavy atom. The number of benzene rings is 1. The fraction of sp³-hybridized carbons (Fsp3) is 0.571. The van der Waals surface area contributed by atoms with Crippen LogP contribution in [0.5, 0.6) is 0 Å². The summed E-state index contributed by atoms with van der Waals surface area (Å²) in [6.45, 7) is 5.17. The molecular formula is C14H23N3O2S. The van der Waals surface area contributed by atoms with Crippen molar-refractivity contribution in [3.05, 3.63) is 29.8 Å². The highest BCUT2D eigenvalue weighted by Gasteiger charge is 2.39. The maximum Gasteiger partial charge on any atom is 0.304 e. The summed E-state index contributed by atoms with van der Waals surface area (Å²) in [5, 5.41) is 0. The van der Waals surface area contributed by atoms with E-state index in [4.69, 9.17) is 5.73 Å². The molecule has 0 unspecified atom stereocenters. The Balaban J connectivity index is 2.35. The number of hydrogen-bond acceptors (Lipinski definition) is 3. The quantitative estimate of drug-likeness (QED) is 0.833. The summed E-state index contributed by atoms with van der Waals surface area (Å²) in [7, 11) is -3.44. The standard InChI is InChI=1S/C14H23N3O2S/c1-3-16(4-2)20(18,19)17(14-9-10-14)13-7-5-12(11-15)6-8-13/h5-8,14H,3-4,9-11,15H2,1-2H3. The summed E-state index contributed by atoms with van der Waals surface area (Å²) < 4.78 is 28.6. The predicted molar refractivity (Wildman–Crippen MR) is 81.7 cm³/mol. The van der Waals surface area contributed by atoms with E-state index in [9.17, 15) is 8.42 Å². The van der Waals surface area contributed by atoms with Crippen molar-refractivity contribution in [2.75, 3.05) is 17.4 Å². The van der Waals surface area contributed by atoms with Gasteiger partial charge in [-0.1, -0.05) is 26.0 Å². The van der Waals surface area contributed by atoms with Gasteiger partial charge in [0.2, 0.25) is 0 Å². The van der Waals surface area contributed by atoms with Gasteiger partial charge >= 0.3 is 10.2 Å². The van der Waals surface area contributed by atoms with E-state index in [-0.39, 0.29) is 6.04 Å². The van der Waals surface area contributed by atoms with E-state index < -0.39 is 10.2 Å². The van der Waals surface area contributed by atoms with Crippen molar-refractivity contribution in [1.82, 2.24) is 4.31 Å². The summed E-state index contributed by atoms with van der Waals surface area (Å²) in [5.74, 6) is 0. The van der Waals surface area contributed by atoms with Crippen LogP contribution in [-0.2, 0) is 16.8 Å². The summed E-state index contributed by atoms with van der Waals surface area (Å²) in [6, 6.07) is 7.58. The first-order valence-electron chi connectivity index (χ1n) is 7.13. The van der Waals surface area contributed by atoms with Crippen LogP contribution in [0, 0.1) is 0 Å². The molecule has 1 aliphatic carbocycles. The lowest BCUT2D eigenvalue weighted by Crippen LogP contribution is -2.45. The lowest BCUT2D eigenvalue weighted by atomic mass is 10.2. The van der Waals surface area contributed by atoms with E-state index in [1.165, 1.54) is 4.31 Å². The molecule has 0 aromatic heterocycles. The molecule has 1 fully saturated rings. The highest BCUT2D eigenvalue weighted by atomic mass is 32.2. The number of anilines is 1. The molecule has 1 aromatic carbocycles. The Bertz CT molecular complexity index is 534. The van der Waals surface area contributed by atoms with Crippen molar-refractivity contribution in [3.8, 4) is 0 Å². The average molecular weight is 297 g/mol. The van der Waals surface area contributed by atoms with Crippen molar-refractivity contribution >= 4 is 15.9 Å². The van der Waals surface area contributed by atoms with Gasteiger partial charge in [0.25, 0.3) is 0 Å². The Kier molecular flexibility index (Phi) is 4.67. The number of hydrogen-bond donors (Lipinski definition) is 1. The highest BCUT2D eigenvalue weighted by molar-refractivity contribution is 7.90. The van der Waals surface area contributed by atoms with Crippen molar-refractivity contribution in [3.63, 3.8) is 0 Å². The van der Waals surface area contributed by atoms with E-state index in [1.54, 1.807) is 4.31 Å². The minimum atomic E-state index is -3.44. The number of nitrogens with zero attached hydrogens (tertiary/aromatic N) is 2. The Hall–Kier alpha value is -1.11. The van der Waals surface area contributed by atoms with E-state index >= 15 is 0 Å². The molecule has 0 amide bonds. The summed E-state index contributed by atoms with van der Waals surface area (Å²) in [6.07, 6.45) is 1.86. The van der Waals surface area contributed by atoms with Gasteiger partial charge in [-0.05, 0) is 30.5 Å². The topological polar surface area (TPSA) is 66.6 Å². The minimum Gasteiger partial charge on any atom is -0.326 e. The van der Waals surface area contributed by atoms with Crippen LogP contribution in [0.3, 0.4) is 0 Å². The Morgan fingerprint density at radius 1 is 1.15 bits per heavy atom. The first kappa shape index (κ1) is 15.3. The average Bonchev–Trinajstić information content (AvgIpc) is 3.25. The fourth-order valence-corrected chi connectivity index (χ4v) is 4.17. The van der Waals surface area contributed by atoms with Crippen molar-refractivity contribution < 1.29 is 8.42 Å². The molecule has 1 aliphatic rings. The lowest BCUT2D eigenvalue weighted by Gasteiger charge is -2.30. The third-order valence-corrected chi connectivity index (χ3v) is 5.76. The molecule has 1 saturated carbocycles. The first-order valence-corrected chi connectivity index (χ1v) is 8.52. The minimum absolute atomic E-state index is 0.101. The molecule has 0 spiro atoms. The van der Waals surface area contributed by atoms with Gasteiger partial charge in [-0.3, -0.25) is 4.31 Å². The van der Waals surface area contributed by atoms with Crippen LogP contribution in [0.1, 0.15) is 32.3 Å². The third-order valence-electron chi connectivity index (χ3n) is 3.59. The molecule has 1 aromatic rings. The van der Waals surface area contributed by atoms with Crippen LogP contribution < -0.4 is 10.0 Å². The van der Waals surface area contributed by atoms with Gasteiger partial charge in [0.1, 0.15) is 0 Å². The highest BCUT2D eigenvalue weighted by Crippen LogP contribution is 2.35. The number of rotatable bonds is 7. The van der Waals surface area contributed by atoms with Crippen LogP contribution in [0.25, 0.3) is 0 Å². The largest absolute Gasteiger partial charge is 0.326 e. The van der Waals surface area contributed by atoms with Crippen molar-refractivity contribution in [2.45, 2.75) is 39.3 Å². The molecule has 0 saturated heterocycles. The van der Waals surface area contributed by atoms with Crippen LogP contribution in [0.4, 0.5) is 5.69 Å². The van der Waals surface area contributed by atoms with Crippen LogP contribution in [0.15, 0.2) is 24.3 Å². The molecule has 0 aliphatic heterocycles. The van der Waals surface area contributed by atoms with E-state index in [2.05, 4.69) is 0 Å². The zero-order valence-corrected chi connectivity index (χ0v) is 12.9. The molecule has 0 bridgehead atoms. The molecular weight excluding hydrogens is 274 g/mol. The van der Waals surface area contributed by atoms with Gasteiger partial charge in [0.15, 0.2) is 0 Å². The van der Waals surface area contributed by atoms with Crippen molar-refractivity contribution in [2.24, 2.45) is 5.73 Å². The van der Waals surface area contributed by atoms with Crippen LogP contribution in [0.2, 0.25) is 0 Å². The van der Waals surface area contributed by atoms with Gasteiger partial charge in [-0.25, -0.2) is 0 Å². The zero-order valence-electron chi connectivity index (χ0n) is 12.1. The second-order valence-electron chi connectivity index (χ2n) is 4.99. The van der Waals surface area contributed by atoms with Gasteiger partial charge in [-0.15, -0.1) is 0 Å². The van der Waals surface area contributed by atoms with Gasteiger partial charge < -0.3 is 5.73 Å². The zero-order chi connectivity index (χ0) is 14.8. The smallest absolute Gasteiger partial charge is 0.304 e. The maximum absolute atomic E-state index is 12.8. The molecule has 2 N–H and O–H groups in total. The molecule has 0 heterocycles. The van der Waals surface area contributed by atoms with Gasteiger partial charge in [0.05, 0.1) is 5.69 Å². The normalized spacial score (nSPS) is 15.6. The Labute approximate surface area is 121 Å². The van der Waals surface area contributed by atoms with Gasteiger partial charge in [-0.2, -0.15) is 12.7 Å².